The molecule has 0 saturated carbocycles. The fraction of sp³-hybridized carbons (Fsp3) is 0.286. The smallest absolute Gasteiger partial charge is 0.330 e. The minimum absolute atomic E-state index is 0.252. The lowest BCUT2D eigenvalue weighted by Gasteiger charge is -2.32. The monoisotopic (exact) mass is 514 g/mol. The van der Waals surface area contributed by atoms with Gasteiger partial charge in [-0.2, -0.15) is 0 Å². The van der Waals surface area contributed by atoms with Crippen molar-refractivity contribution in [3.05, 3.63) is 92.1 Å². The second-order valence-corrected chi connectivity index (χ2v) is 9.90. The molecule has 1 atom stereocenters. The van der Waals surface area contributed by atoms with Crippen LogP contribution in [0.3, 0.4) is 0 Å². The van der Waals surface area contributed by atoms with Gasteiger partial charge in [-0.05, 0) is 74.6 Å². The van der Waals surface area contributed by atoms with E-state index in [0.717, 1.165) is 64.6 Å². The minimum Gasteiger partial charge on any atom is -0.330 e. The number of imidazole rings is 1. The molecule has 1 unspecified atom stereocenters. The first kappa shape index (κ1) is 23.5. The van der Waals surface area contributed by atoms with Gasteiger partial charge in [-0.25, -0.2) is 14.8 Å². The number of anilines is 2. The SMILES string of the molecule is CCc1nc2c(Cl)cc(C)nc2n1-c1ccc2c(c1C)CCc1ccccc1N2C(C)c1noc(=O)[nH]1. The molecule has 1 aliphatic heterocycles. The van der Waals surface area contributed by atoms with Gasteiger partial charge in [0.2, 0.25) is 0 Å². The largest absolute Gasteiger partial charge is 0.438 e. The van der Waals surface area contributed by atoms with Gasteiger partial charge < -0.3 is 4.90 Å². The van der Waals surface area contributed by atoms with Crippen LogP contribution in [0.5, 0.6) is 0 Å². The van der Waals surface area contributed by atoms with Crippen LogP contribution in [0.25, 0.3) is 16.9 Å². The summed E-state index contributed by atoms with van der Waals surface area (Å²) >= 11 is 6.57. The third-order valence-electron chi connectivity index (χ3n) is 7.26. The van der Waals surface area contributed by atoms with E-state index >= 15 is 0 Å². The maximum atomic E-state index is 11.8. The molecule has 0 radical (unpaired) electrons. The molecule has 9 heteroatoms. The van der Waals surface area contributed by atoms with Crippen LogP contribution in [0.4, 0.5) is 11.4 Å². The topological polar surface area (TPSA) is 92.8 Å². The zero-order chi connectivity index (χ0) is 25.8. The first-order valence-corrected chi connectivity index (χ1v) is 12.9. The summed E-state index contributed by atoms with van der Waals surface area (Å²) in [6.45, 7) is 8.22. The average Bonchev–Trinajstić information content (AvgIpc) is 3.43. The molecule has 0 fully saturated rings. The molecule has 0 aliphatic carbocycles. The zero-order valence-electron chi connectivity index (χ0n) is 21.2. The van der Waals surface area contributed by atoms with Crippen molar-refractivity contribution in [2.75, 3.05) is 4.90 Å². The molecule has 1 aliphatic rings. The number of H-pyrrole nitrogens is 1. The number of halogens is 1. The summed E-state index contributed by atoms with van der Waals surface area (Å²) in [5, 5.41) is 4.61. The highest BCUT2D eigenvalue weighted by Crippen LogP contribution is 2.43. The number of pyridine rings is 1. The van der Waals surface area contributed by atoms with Crippen LogP contribution < -0.4 is 10.7 Å². The van der Waals surface area contributed by atoms with Crippen LogP contribution in [0.15, 0.2) is 51.8 Å². The van der Waals surface area contributed by atoms with E-state index in [4.69, 9.17) is 26.1 Å². The van der Waals surface area contributed by atoms with Gasteiger partial charge in [-0.15, -0.1) is 0 Å². The quantitative estimate of drug-likeness (QED) is 0.319. The normalized spacial score (nSPS) is 13.9. The van der Waals surface area contributed by atoms with Crippen LogP contribution in [0.1, 0.15) is 53.9 Å². The predicted molar refractivity (Wildman–Crippen MR) is 144 cm³/mol. The number of benzene rings is 2. The van der Waals surface area contributed by atoms with Crippen molar-refractivity contribution in [1.29, 1.82) is 0 Å². The third-order valence-corrected chi connectivity index (χ3v) is 7.55. The molecule has 4 heterocycles. The Balaban J connectivity index is 1.58. The van der Waals surface area contributed by atoms with E-state index in [2.05, 4.69) is 63.8 Å². The van der Waals surface area contributed by atoms with E-state index in [1.807, 2.05) is 26.0 Å². The molecule has 0 bridgehead atoms. The number of fused-ring (bicyclic) bond motifs is 3. The number of nitrogens with zero attached hydrogens (tertiary/aromatic N) is 5. The Morgan fingerprint density at radius 3 is 2.62 bits per heavy atom. The number of hydrogen-bond acceptors (Lipinski definition) is 6. The average molecular weight is 515 g/mol. The van der Waals surface area contributed by atoms with Crippen molar-refractivity contribution in [3.63, 3.8) is 0 Å². The van der Waals surface area contributed by atoms with Gasteiger partial charge in [0.1, 0.15) is 11.3 Å². The second kappa shape index (κ2) is 8.88. The molecule has 2 aromatic carbocycles. The third kappa shape index (κ3) is 3.74. The lowest BCUT2D eigenvalue weighted by Crippen LogP contribution is -2.24. The highest BCUT2D eigenvalue weighted by atomic mass is 35.5. The maximum Gasteiger partial charge on any atom is 0.438 e. The van der Waals surface area contributed by atoms with E-state index in [1.165, 1.54) is 11.1 Å². The second-order valence-electron chi connectivity index (χ2n) is 9.50. The predicted octanol–water partition coefficient (Wildman–Crippen LogP) is 5.93. The summed E-state index contributed by atoms with van der Waals surface area (Å²) in [7, 11) is 0. The Bertz CT molecular complexity index is 1720. The fourth-order valence-electron chi connectivity index (χ4n) is 5.48. The molecule has 0 amide bonds. The molecule has 6 rings (SSSR count). The molecule has 0 spiro atoms. The number of aromatic nitrogens is 5. The Morgan fingerprint density at radius 1 is 1.08 bits per heavy atom. The van der Waals surface area contributed by atoms with Crippen molar-refractivity contribution < 1.29 is 4.52 Å². The molecule has 3 aromatic heterocycles. The molecule has 8 nitrogen and oxygen atoms in total. The number of para-hydroxylation sites is 1. The number of nitrogens with one attached hydrogen (secondary N) is 1. The molecule has 5 aromatic rings. The van der Waals surface area contributed by atoms with E-state index in [9.17, 15) is 4.79 Å². The van der Waals surface area contributed by atoms with Gasteiger partial charge in [0.25, 0.3) is 0 Å². The minimum atomic E-state index is -0.558. The first-order chi connectivity index (χ1) is 17.9. The van der Waals surface area contributed by atoms with Gasteiger partial charge in [0.15, 0.2) is 11.5 Å². The fourth-order valence-corrected chi connectivity index (χ4v) is 5.77. The Labute approximate surface area is 218 Å². The summed E-state index contributed by atoms with van der Waals surface area (Å²) in [5.74, 6) is 0.843. The van der Waals surface area contributed by atoms with Crippen molar-refractivity contribution >= 4 is 34.1 Å². The lowest BCUT2D eigenvalue weighted by molar-refractivity contribution is 0.378. The number of aromatic amines is 1. The Hall–Kier alpha value is -3.91. The van der Waals surface area contributed by atoms with E-state index in [0.29, 0.717) is 10.8 Å². The summed E-state index contributed by atoms with van der Waals surface area (Å²) in [6.07, 6.45) is 2.50. The summed E-state index contributed by atoms with van der Waals surface area (Å²) in [6, 6.07) is 14.3. The Kier molecular flexibility index (Phi) is 5.64. The van der Waals surface area contributed by atoms with Crippen LogP contribution in [-0.2, 0) is 19.3 Å². The number of aryl methyl sites for hydroxylation is 3. The van der Waals surface area contributed by atoms with Crippen molar-refractivity contribution in [3.8, 4) is 5.69 Å². The van der Waals surface area contributed by atoms with Crippen LogP contribution in [-0.4, -0.2) is 24.7 Å². The van der Waals surface area contributed by atoms with Gasteiger partial charge in [0, 0.05) is 23.5 Å². The van der Waals surface area contributed by atoms with Crippen LogP contribution in [0.2, 0.25) is 5.02 Å². The van der Waals surface area contributed by atoms with E-state index in [1.54, 1.807) is 0 Å². The molecule has 1 N–H and O–H groups in total. The molecular weight excluding hydrogens is 488 g/mol. The summed E-state index contributed by atoms with van der Waals surface area (Å²) < 4.78 is 6.99. The maximum absolute atomic E-state index is 11.8. The lowest BCUT2D eigenvalue weighted by atomic mass is 9.98. The summed E-state index contributed by atoms with van der Waals surface area (Å²) in [5.41, 5.74) is 9.18. The molecule has 37 heavy (non-hydrogen) atoms. The Morgan fingerprint density at radius 2 is 1.86 bits per heavy atom. The van der Waals surface area contributed by atoms with Gasteiger partial charge in [-0.1, -0.05) is 41.9 Å². The van der Waals surface area contributed by atoms with Crippen LogP contribution >= 0.6 is 11.6 Å². The van der Waals surface area contributed by atoms with Crippen molar-refractivity contribution in [2.24, 2.45) is 0 Å². The molecule has 188 valence electrons. The van der Waals surface area contributed by atoms with Gasteiger partial charge in [0.05, 0.1) is 16.8 Å². The van der Waals surface area contributed by atoms with Crippen LogP contribution in [0, 0.1) is 13.8 Å². The van der Waals surface area contributed by atoms with Gasteiger partial charge in [-0.3, -0.25) is 14.1 Å². The molecule has 0 saturated heterocycles. The number of rotatable bonds is 4. The van der Waals surface area contributed by atoms with Crippen molar-refractivity contribution in [1.82, 2.24) is 24.7 Å². The molecular formula is C28H27ClN6O2. The highest BCUT2D eigenvalue weighted by molar-refractivity contribution is 6.34. The van der Waals surface area contributed by atoms with Gasteiger partial charge >= 0.3 is 5.76 Å². The number of hydrogen-bond donors (Lipinski definition) is 1. The highest BCUT2D eigenvalue weighted by Gasteiger charge is 2.30. The first-order valence-electron chi connectivity index (χ1n) is 12.5. The van der Waals surface area contributed by atoms with E-state index < -0.39 is 5.76 Å². The zero-order valence-corrected chi connectivity index (χ0v) is 21.9. The van der Waals surface area contributed by atoms with E-state index in [-0.39, 0.29) is 6.04 Å². The van der Waals surface area contributed by atoms with Crippen molar-refractivity contribution in [2.45, 2.75) is 53.0 Å². The standard InChI is InChI=1S/C28H27ClN6O2/c1-5-24-31-25-20(29)14-15(2)30-27(25)35(24)21-12-13-23-19(16(21)3)11-10-18-8-6-7-9-22(18)34(23)17(4)26-32-28(36)37-33-26/h6-9,12-14,17H,5,10-11H2,1-4H3,(H,32,33,36). The summed E-state index contributed by atoms with van der Waals surface area (Å²) in [4.78, 5) is 26.4.